The van der Waals surface area contributed by atoms with Gasteiger partial charge in [0, 0.05) is 37.9 Å². The van der Waals surface area contributed by atoms with Crippen molar-refractivity contribution in [3.63, 3.8) is 0 Å². The van der Waals surface area contributed by atoms with Crippen LogP contribution in [-0.4, -0.2) is 53.2 Å². The van der Waals surface area contributed by atoms with E-state index >= 15 is 0 Å². The second-order valence-corrected chi connectivity index (χ2v) is 6.91. The standard InChI is InChI=1S/C19H26N6/c1-23(2)10-5-12-24-13-9-21-19(24)16-6-4-11-25(15-16)18-8-3-7-17(14-20)22-18/h3,7-9,13,16H,4-6,10-12,15H2,1-2H3/t16-/m1/s1. The van der Waals surface area contributed by atoms with Crippen LogP contribution in [-0.2, 0) is 6.54 Å². The van der Waals surface area contributed by atoms with E-state index in [0.717, 1.165) is 51.3 Å². The predicted octanol–water partition coefficient (Wildman–Crippen LogP) is 2.49. The molecule has 0 bridgehead atoms. The minimum Gasteiger partial charge on any atom is -0.356 e. The molecular formula is C19H26N6. The van der Waals surface area contributed by atoms with Gasteiger partial charge in [-0.1, -0.05) is 6.07 Å². The van der Waals surface area contributed by atoms with Crippen molar-refractivity contribution in [2.75, 3.05) is 38.6 Å². The summed E-state index contributed by atoms with van der Waals surface area (Å²) in [7, 11) is 4.21. The van der Waals surface area contributed by atoms with E-state index in [1.807, 2.05) is 18.3 Å². The topological polar surface area (TPSA) is 61.0 Å². The van der Waals surface area contributed by atoms with Crippen LogP contribution >= 0.6 is 0 Å². The molecule has 1 aliphatic heterocycles. The van der Waals surface area contributed by atoms with Crippen LogP contribution < -0.4 is 4.90 Å². The van der Waals surface area contributed by atoms with Gasteiger partial charge in [-0.3, -0.25) is 0 Å². The molecule has 0 radical (unpaired) electrons. The highest BCUT2D eigenvalue weighted by molar-refractivity contribution is 5.42. The van der Waals surface area contributed by atoms with Gasteiger partial charge < -0.3 is 14.4 Å². The highest BCUT2D eigenvalue weighted by Gasteiger charge is 2.25. The van der Waals surface area contributed by atoms with E-state index in [4.69, 9.17) is 5.26 Å². The van der Waals surface area contributed by atoms with Crippen molar-refractivity contribution >= 4 is 5.82 Å². The van der Waals surface area contributed by atoms with Gasteiger partial charge in [0.1, 0.15) is 23.4 Å². The number of anilines is 1. The number of piperidine rings is 1. The minimum atomic E-state index is 0.413. The van der Waals surface area contributed by atoms with E-state index in [1.54, 1.807) is 6.07 Å². The summed E-state index contributed by atoms with van der Waals surface area (Å²) >= 11 is 0. The first-order valence-electron chi connectivity index (χ1n) is 8.95. The lowest BCUT2D eigenvalue weighted by Crippen LogP contribution is -2.36. The summed E-state index contributed by atoms with van der Waals surface area (Å²) in [4.78, 5) is 13.6. The summed E-state index contributed by atoms with van der Waals surface area (Å²) in [6, 6.07) is 7.78. The summed E-state index contributed by atoms with van der Waals surface area (Å²) < 4.78 is 2.30. The SMILES string of the molecule is CN(C)CCCn1ccnc1[C@@H]1CCCN(c2cccc(C#N)n2)C1. The third-order valence-electron chi connectivity index (χ3n) is 4.71. The summed E-state index contributed by atoms with van der Waals surface area (Å²) in [5.74, 6) is 2.49. The van der Waals surface area contributed by atoms with Crippen LogP contribution in [0.4, 0.5) is 5.82 Å². The molecule has 0 spiro atoms. The van der Waals surface area contributed by atoms with Crippen molar-refractivity contribution < 1.29 is 0 Å². The molecule has 2 aromatic rings. The molecule has 0 saturated carbocycles. The van der Waals surface area contributed by atoms with Gasteiger partial charge in [0.25, 0.3) is 0 Å². The van der Waals surface area contributed by atoms with Crippen molar-refractivity contribution in [1.29, 1.82) is 5.26 Å². The Labute approximate surface area is 149 Å². The lowest BCUT2D eigenvalue weighted by atomic mass is 9.97. The number of pyridine rings is 1. The number of imidazole rings is 1. The number of aromatic nitrogens is 3. The summed E-state index contributed by atoms with van der Waals surface area (Å²) in [6.07, 6.45) is 7.41. The van der Waals surface area contributed by atoms with Gasteiger partial charge in [0.05, 0.1) is 0 Å². The molecule has 1 fully saturated rings. The Morgan fingerprint density at radius 2 is 2.24 bits per heavy atom. The quantitative estimate of drug-likeness (QED) is 0.810. The lowest BCUT2D eigenvalue weighted by Gasteiger charge is -2.33. The third kappa shape index (κ3) is 4.37. The molecule has 0 unspecified atom stereocenters. The second-order valence-electron chi connectivity index (χ2n) is 6.91. The van der Waals surface area contributed by atoms with Gasteiger partial charge in [0.2, 0.25) is 0 Å². The van der Waals surface area contributed by atoms with E-state index < -0.39 is 0 Å². The molecule has 6 heteroatoms. The van der Waals surface area contributed by atoms with Gasteiger partial charge in [-0.15, -0.1) is 0 Å². The zero-order valence-electron chi connectivity index (χ0n) is 15.1. The average molecular weight is 338 g/mol. The van der Waals surface area contributed by atoms with Crippen molar-refractivity contribution in [2.24, 2.45) is 0 Å². The first-order valence-corrected chi connectivity index (χ1v) is 8.95. The smallest absolute Gasteiger partial charge is 0.142 e. The van der Waals surface area contributed by atoms with Gasteiger partial charge in [-0.05, 0) is 52.0 Å². The molecule has 3 heterocycles. The molecule has 6 nitrogen and oxygen atoms in total. The third-order valence-corrected chi connectivity index (χ3v) is 4.71. The fraction of sp³-hybridized carbons (Fsp3) is 0.526. The molecule has 0 amide bonds. The number of nitrogens with zero attached hydrogens (tertiary/aromatic N) is 6. The number of rotatable bonds is 6. The molecule has 3 rings (SSSR count). The van der Waals surface area contributed by atoms with Crippen LogP contribution in [0.5, 0.6) is 0 Å². The minimum absolute atomic E-state index is 0.413. The van der Waals surface area contributed by atoms with Crippen molar-refractivity contribution in [2.45, 2.75) is 31.7 Å². The fourth-order valence-corrected chi connectivity index (χ4v) is 3.48. The molecule has 2 aromatic heterocycles. The van der Waals surface area contributed by atoms with Crippen LogP contribution in [0.2, 0.25) is 0 Å². The Hall–Kier alpha value is -2.39. The van der Waals surface area contributed by atoms with E-state index in [0.29, 0.717) is 11.6 Å². The van der Waals surface area contributed by atoms with E-state index in [-0.39, 0.29) is 0 Å². The molecule has 1 atom stereocenters. The summed E-state index contributed by atoms with van der Waals surface area (Å²) in [5, 5.41) is 9.07. The normalized spacial score (nSPS) is 17.7. The van der Waals surface area contributed by atoms with E-state index in [1.165, 1.54) is 5.82 Å². The number of hydrogen-bond donors (Lipinski definition) is 0. The Bertz CT molecular complexity index is 730. The van der Waals surface area contributed by atoms with Crippen LogP contribution in [0.3, 0.4) is 0 Å². The Morgan fingerprint density at radius 1 is 1.36 bits per heavy atom. The molecule has 1 saturated heterocycles. The molecule has 25 heavy (non-hydrogen) atoms. The van der Waals surface area contributed by atoms with Gasteiger partial charge >= 0.3 is 0 Å². The second kappa shape index (κ2) is 8.13. The molecule has 0 aliphatic carbocycles. The summed E-state index contributed by atoms with van der Waals surface area (Å²) in [5.41, 5.74) is 0.477. The zero-order chi connectivity index (χ0) is 17.6. The molecular weight excluding hydrogens is 312 g/mol. The van der Waals surface area contributed by atoms with E-state index in [9.17, 15) is 0 Å². The highest BCUT2D eigenvalue weighted by atomic mass is 15.2. The van der Waals surface area contributed by atoms with Crippen LogP contribution in [0, 0.1) is 11.3 Å². The predicted molar refractivity (Wildman–Crippen MR) is 98.5 cm³/mol. The van der Waals surface area contributed by atoms with Gasteiger partial charge in [0.15, 0.2) is 0 Å². The van der Waals surface area contributed by atoms with Crippen LogP contribution in [0.15, 0.2) is 30.6 Å². The first-order chi connectivity index (χ1) is 12.2. The maximum atomic E-state index is 9.07. The van der Waals surface area contributed by atoms with Crippen molar-refractivity contribution in [1.82, 2.24) is 19.4 Å². The molecule has 0 N–H and O–H groups in total. The largest absolute Gasteiger partial charge is 0.356 e. The monoisotopic (exact) mass is 338 g/mol. The molecule has 1 aliphatic rings. The Morgan fingerprint density at radius 3 is 3.04 bits per heavy atom. The van der Waals surface area contributed by atoms with Crippen molar-refractivity contribution in [3.8, 4) is 6.07 Å². The van der Waals surface area contributed by atoms with Crippen LogP contribution in [0.25, 0.3) is 0 Å². The van der Waals surface area contributed by atoms with E-state index in [2.05, 4.69) is 50.7 Å². The maximum absolute atomic E-state index is 9.07. The van der Waals surface area contributed by atoms with Gasteiger partial charge in [-0.2, -0.15) is 5.26 Å². The molecule has 132 valence electrons. The summed E-state index contributed by atoms with van der Waals surface area (Å²) in [6.45, 7) is 3.98. The number of aryl methyl sites for hydroxylation is 1. The van der Waals surface area contributed by atoms with Gasteiger partial charge in [-0.25, -0.2) is 9.97 Å². The van der Waals surface area contributed by atoms with Crippen LogP contribution in [0.1, 0.15) is 36.7 Å². The Balaban J connectivity index is 1.69. The molecule has 0 aromatic carbocycles. The zero-order valence-corrected chi connectivity index (χ0v) is 15.1. The first kappa shape index (κ1) is 17.4. The number of hydrogen-bond acceptors (Lipinski definition) is 5. The fourth-order valence-electron chi connectivity index (χ4n) is 3.48. The average Bonchev–Trinajstić information content (AvgIpc) is 3.10. The Kier molecular flexibility index (Phi) is 5.67. The highest BCUT2D eigenvalue weighted by Crippen LogP contribution is 2.28. The maximum Gasteiger partial charge on any atom is 0.142 e. The number of nitriles is 1. The van der Waals surface area contributed by atoms with Crippen molar-refractivity contribution in [3.05, 3.63) is 42.1 Å². The lowest BCUT2D eigenvalue weighted by molar-refractivity contribution is 0.380.